The SMILES string of the molecule is CCNCCS(=O)(=O)NCC1CC2CCC1C2. The first-order valence-electron chi connectivity index (χ1n) is 6.78. The van der Waals surface area contributed by atoms with Gasteiger partial charge < -0.3 is 5.32 Å². The van der Waals surface area contributed by atoms with Gasteiger partial charge in [0, 0.05) is 13.1 Å². The average molecular weight is 260 g/mol. The molecular weight excluding hydrogens is 236 g/mol. The number of rotatable bonds is 7. The number of sulfonamides is 1. The molecule has 0 spiro atoms. The maximum absolute atomic E-state index is 11.7. The lowest BCUT2D eigenvalue weighted by Crippen LogP contribution is -2.36. The van der Waals surface area contributed by atoms with Gasteiger partial charge in [0.2, 0.25) is 10.0 Å². The lowest BCUT2D eigenvalue weighted by Gasteiger charge is -2.21. The predicted octanol–water partition coefficient (Wildman–Crippen LogP) is 0.952. The van der Waals surface area contributed by atoms with Crippen molar-refractivity contribution in [2.75, 3.05) is 25.4 Å². The molecule has 0 heterocycles. The third-order valence-electron chi connectivity index (χ3n) is 4.25. The normalized spacial score (nSPS) is 32.2. The molecule has 100 valence electrons. The zero-order chi connectivity index (χ0) is 12.3. The standard InChI is InChI=1S/C12H24N2O2S/c1-2-13-5-6-17(15,16)14-9-12-8-10-3-4-11(12)7-10/h10-14H,2-9H2,1H3. The lowest BCUT2D eigenvalue weighted by molar-refractivity contribution is 0.333. The van der Waals surface area contributed by atoms with Gasteiger partial charge in [-0.2, -0.15) is 0 Å². The van der Waals surface area contributed by atoms with Crippen molar-refractivity contribution in [3.8, 4) is 0 Å². The van der Waals surface area contributed by atoms with Gasteiger partial charge in [-0.15, -0.1) is 0 Å². The Morgan fingerprint density at radius 2 is 2.06 bits per heavy atom. The van der Waals surface area contributed by atoms with Crippen LogP contribution in [0.4, 0.5) is 0 Å². The summed E-state index contributed by atoms with van der Waals surface area (Å²) in [6.45, 7) is 4.01. The van der Waals surface area contributed by atoms with E-state index in [1.807, 2.05) is 6.92 Å². The molecule has 5 heteroatoms. The van der Waals surface area contributed by atoms with Crippen LogP contribution in [0.2, 0.25) is 0 Å². The zero-order valence-corrected chi connectivity index (χ0v) is 11.4. The Morgan fingerprint density at radius 3 is 2.65 bits per heavy atom. The molecule has 0 aliphatic heterocycles. The van der Waals surface area contributed by atoms with Gasteiger partial charge in [0.05, 0.1) is 5.75 Å². The van der Waals surface area contributed by atoms with Crippen LogP contribution in [-0.2, 0) is 10.0 Å². The van der Waals surface area contributed by atoms with Gasteiger partial charge in [0.15, 0.2) is 0 Å². The van der Waals surface area contributed by atoms with E-state index in [0.717, 1.165) is 18.4 Å². The molecule has 4 nitrogen and oxygen atoms in total. The summed E-state index contributed by atoms with van der Waals surface area (Å²) < 4.78 is 26.2. The summed E-state index contributed by atoms with van der Waals surface area (Å²) in [6.07, 6.45) is 5.26. The van der Waals surface area contributed by atoms with Crippen molar-refractivity contribution in [2.24, 2.45) is 17.8 Å². The Hall–Kier alpha value is -0.130. The Bertz CT molecular complexity index is 342. The fraction of sp³-hybridized carbons (Fsp3) is 1.00. The minimum atomic E-state index is -3.07. The van der Waals surface area contributed by atoms with Gasteiger partial charge in [0.1, 0.15) is 0 Å². The molecule has 0 aromatic carbocycles. The van der Waals surface area contributed by atoms with Crippen LogP contribution in [0, 0.1) is 17.8 Å². The highest BCUT2D eigenvalue weighted by Crippen LogP contribution is 2.47. The van der Waals surface area contributed by atoms with Crippen LogP contribution in [-0.4, -0.2) is 33.8 Å². The van der Waals surface area contributed by atoms with Crippen molar-refractivity contribution in [2.45, 2.75) is 32.6 Å². The van der Waals surface area contributed by atoms with Crippen LogP contribution < -0.4 is 10.0 Å². The van der Waals surface area contributed by atoms with E-state index in [1.165, 1.54) is 25.7 Å². The molecule has 0 aromatic heterocycles. The van der Waals surface area contributed by atoms with E-state index in [2.05, 4.69) is 10.0 Å². The van der Waals surface area contributed by atoms with Gasteiger partial charge in [-0.1, -0.05) is 13.3 Å². The first kappa shape index (κ1) is 13.3. The summed E-state index contributed by atoms with van der Waals surface area (Å²) >= 11 is 0. The second-order valence-electron chi connectivity index (χ2n) is 5.46. The van der Waals surface area contributed by atoms with Crippen molar-refractivity contribution in [3.63, 3.8) is 0 Å². The minimum Gasteiger partial charge on any atom is -0.316 e. The van der Waals surface area contributed by atoms with Crippen LogP contribution in [0.5, 0.6) is 0 Å². The summed E-state index contributed by atoms with van der Waals surface area (Å²) in [5, 5.41) is 3.04. The van der Waals surface area contributed by atoms with Crippen molar-refractivity contribution in [1.29, 1.82) is 0 Å². The van der Waals surface area contributed by atoms with Gasteiger partial charge in [-0.25, -0.2) is 13.1 Å². The smallest absolute Gasteiger partial charge is 0.212 e. The van der Waals surface area contributed by atoms with E-state index in [-0.39, 0.29) is 5.75 Å². The van der Waals surface area contributed by atoms with Gasteiger partial charge in [0.25, 0.3) is 0 Å². The molecule has 2 aliphatic rings. The second-order valence-corrected chi connectivity index (χ2v) is 7.38. The fourth-order valence-corrected chi connectivity index (χ4v) is 4.34. The molecule has 2 bridgehead atoms. The van der Waals surface area contributed by atoms with Gasteiger partial charge in [-0.05, 0) is 43.6 Å². The minimum absolute atomic E-state index is 0.196. The van der Waals surface area contributed by atoms with Crippen molar-refractivity contribution in [1.82, 2.24) is 10.0 Å². The summed E-state index contributed by atoms with van der Waals surface area (Å²) in [5.41, 5.74) is 0. The molecule has 0 radical (unpaired) electrons. The average Bonchev–Trinajstić information content (AvgIpc) is 2.88. The van der Waals surface area contributed by atoms with Crippen LogP contribution in [0.1, 0.15) is 32.6 Å². The first-order chi connectivity index (χ1) is 8.11. The van der Waals surface area contributed by atoms with Crippen LogP contribution in [0.15, 0.2) is 0 Å². The van der Waals surface area contributed by atoms with E-state index < -0.39 is 10.0 Å². The van der Waals surface area contributed by atoms with Crippen LogP contribution in [0.3, 0.4) is 0 Å². The molecule has 2 rings (SSSR count). The largest absolute Gasteiger partial charge is 0.316 e. The Morgan fingerprint density at radius 1 is 1.24 bits per heavy atom. The van der Waals surface area contributed by atoms with Crippen LogP contribution in [0.25, 0.3) is 0 Å². The monoisotopic (exact) mass is 260 g/mol. The highest BCUT2D eigenvalue weighted by atomic mass is 32.2. The maximum Gasteiger partial charge on any atom is 0.212 e. The molecule has 2 fully saturated rings. The topological polar surface area (TPSA) is 58.2 Å². The molecule has 0 aromatic rings. The fourth-order valence-electron chi connectivity index (χ4n) is 3.32. The molecule has 2 aliphatic carbocycles. The molecule has 0 saturated heterocycles. The molecule has 2 saturated carbocycles. The van der Waals surface area contributed by atoms with Crippen molar-refractivity contribution in [3.05, 3.63) is 0 Å². The third kappa shape index (κ3) is 3.66. The third-order valence-corrected chi connectivity index (χ3v) is 5.60. The van der Waals surface area contributed by atoms with Crippen LogP contribution >= 0.6 is 0 Å². The summed E-state index contributed by atoms with van der Waals surface area (Å²) in [4.78, 5) is 0. The number of nitrogens with one attached hydrogen (secondary N) is 2. The van der Waals surface area contributed by atoms with Gasteiger partial charge >= 0.3 is 0 Å². The Kier molecular flexibility index (Phi) is 4.44. The summed E-state index contributed by atoms with van der Waals surface area (Å²) in [7, 11) is -3.07. The highest BCUT2D eigenvalue weighted by Gasteiger charge is 2.39. The lowest BCUT2D eigenvalue weighted by atomic mass is 9.89. The van der Waals surface area contributed by atoms with E-state index >= 15 is 0 Å². The van der Waals surface area contributed by atoms with Gasteiger partial charge in [-0.3, -0.25) is 0 Å². The molecule has 3 atom stereocenters. The van der Waals surface area contributed by atoms with Crippen molar-refractivity contribution < 1.29 is 8.42 Å². The zero-order valence-electron chi connectivity index (χ0n) is 10.6. The number of fused-ring (bicyclic) bond motifs is 2. The van der Waals surface area contributed by atoms with Crippen molar-refractivity contribution >= 4 is 10.0 Å². The Labute approximate surface area is 105 Å². The predicted molar refractivity (Wildman–Crippen MR) is 69.3 cm³/mol. The number of hydrogen-bond acceptors (Lipinski definition) is 3. The highest BCUT2D eigenvalue weighted by molar-refractivity contribution is 7.89. The van der Waals surface area contributed by atoms with E-state index in [9.17, 15) is 8.42 Å². The van der Waals surface area contributed by atoms with E-state index in [1.54, 1.807) is 0 Å². The molecule has 2 N–H and O–H groups in total. The van der Waals surface area contributed by atoms with E-state index in [4.69, 9.17) is 0 Å². The molecule has 3 unspecified atom stereocenters. The van der Waals surface area contributed by atoms with E-state index in [0.29, 0.717) is 19.0 Å². The quantitative estimate of drug-likeness (QED) is 0.670. The second kappa shape index (κ2) is 5.67. The molecule has 17 heavy (non-hydrogen) atoms. The first-order valence-corrected chi connectivity index (χ1v) is 8.44. The molecule has 0 amide bonds. The summed E-state index contributed by atoms with van der Waals surface area (Å²) in [6, 6.07) is 0. The molecular formula is C12H24N2O2S. The maximum atomic E-state index is 11.7. The Balaban J connectivity index is 1.70. The summed E-state index contributed by atoms with van der Waals surface area (Å²) in [5.74, 6) is 2.47. The number of hydrogen-bond donors (Lipinski definition) is 2.